The van der Waals surface area contributed by atoms with E-state index >= 15 is 0 Å². The summed E-state index contributed by atoms with van der Waals surface area (Å²) in [4.78, 5) is 24.3. The number of nitrogens with zero attached hydrogens (tertiary/aromatic N) is 2. The maximum absolute atomic E-state index is 12.4. The highest BCUT2D eigenvalue weighted by atomic mass is 32.2. The van der Waals surface area contributed by atoms with Crippen molar-refractivity contribution in [1.29, 1.82) is 0 Å². The second-order valence-electron chi connectivity index (χ2n) is 5.31. The van der Waals surface area contributed by atoms with Crippen LogP contribution in [0.3, 0.4) is 0 Å². The van der Waals surface area contributed by atoms with Crippen LogP contribution in [-0.2, 0) is 11.3 Å². The number of ether oxygens (including phenoxy) is 1. The molecule has 2 aromatic rings. The van der Waals surface area contributed by atoms with E-state index in [1.54, 1.807) is 28.8 Å². The molecule has 1 heterocycles. The standard InChI is InChI=1S/C17H16N2O4S/c20-17(23-12-13-4-2-1-3-5-13)18-10-11-24-16(18)14-6-8-15(9-7-14)19(21)22/h1-9,16H,10-12H2. The van der Waals surface area contributed by atoms with Gasteiger partial charge in [0.2, 0.25) is 0 Å². The fourth-order valence-corrected chi connectivity index (χ4v) is 3.74. The van der Waals surface area contributed by atoms with Crippen LogP contribution < -0.4 is 0 Å². The van der Waals surface area contributed by atoms with Crippen molar-refractivity contribution in [2.45, 2.75) is 12.0 Å². The zero-order chi connectivity index (χ0) is 16.9. The van der Waals surface area contributed by atoms with E-state index in [4.69, 9.17) is 4.74 Å². The fourth-order valence-electron chi connectivity index (χ4n) is 2.50. The van der Waals surface area contributed by atoms with Crippen LogP contribution in [0.2, 0.25) is 0 Å². The number of non-ortho nitro benzene ring substituents is 1. The van der Waals surface area contributed by atoms with Gasteiger partial charge in [-0.15, -0.1) is 11.8 Å². The molecule has 1 unspecified atom stereocenters. The largest absolute Gasteiger partial charge is 0.445 e. The lowest BCUT2D eigenvalue weighted by Gasteiger charge is -2.23. The molecule has 0 N–H and O–H groups in total. The highest BCUT2D eigenvalue weighted by Crippen LogP contribution is 2.38. The Balaban J connectivity index is 1.66. The second-order valence-corrected chi connectivity index (χ2v) is 6.49. The number of hydrogen-bond acceptors (Lipinski definition) is 5. The van der Waals surface area contributed by atoms with Crippen LogP contribution in [0.15, 0.2) is 54.6 Å². The number of benzene rings is 2. The molecule has 1 saturated heterocycles. The first kappa shape index (κ1) is 16.3. The Kier molecular flexibility index (Phi) is 5.00. The van der Waals surface area contributed by atoms with Crippen LogP contribution in [-0.4, -0.2) is 28.2 Å². The van der Waals surface area contributed by atoms with E-state index in [1.807, 2.05) is 30.3 Å². The third-order valence-electron chi connectivity index (χ3n) is 3.72. The Morgan fingerprint density at radius 1 is 1.21 bits per heavy atom. The molecule has 0 aliphatic carbocycles. The van der Waals surface area contributed by atoms with Crippen LogP contribution in [0.4, 0.5) is 10.5 Å². The summed E-state index contributed by atoms with van der Waals surface area (Å²) in [7, 11) is 0. The minimum absolute atomic E-state index is 0.0416. The monoisotopic (exact) mass is 344 g/mol. The molecule has 1 aliphatic heterocycles. The minimum Gasteiger partial charge on any atom is -0.445 e. The number of nitro benzene ring substituents is 1. The second kappa shape index (κ2) is 7.35. The lowest BCUT2D eigenvalue weighted by molar-refractivity contribution is -0.384. The van der Waals surface area contributed by atoms with Crippen molar-refractivity contribution in [2.75, 3.05) is 12.3 Å². The first-order chi connectivity index (χ1) is 11.6. The number of nitro groups is 1. The van der Waals surface area contributed by atoms with Crippen LogP contribution in [0.1, 0.15) is 16.5 Å². The average molecular weight is 344 g/mol. The van der Waals surface area contributed by atoms with Gasteiger partial charge in [0, 0.05) is 24.4 Å². The molecule has 0 aromatic heterocycles. The lowest BCUT2D eigenvalue weighted by atomic mass is 10.2. The first-order valence-electron chi connectivity index (χ1n) is 7.48. The summed E-state index contributed by atoms with van der Waals surface area (Å²) in [5.74, 6) is 0.808. The van der Waals surface area contributed by atoms with Gasteiger partial charge in [0.05, 0.1) is 4.92 Å². The molecular weight excluding hydrogens is 328 g/mol. The number of thioether (sulfide) groups is 1. The molecule has 2 aromatic carbocycles. The zero-order valence-electron chi connectivity index (χ0n) is 12.8. The SMILES string of the molecule is O=C(OCc1ccccc1)N1CCSC1c1ccc([N+](=O)[O-])cc1. The molecule has 0 radical (unpaired) electrons. The molecule has 6 nitrogen and oxygen atoms in total. The maximum Gasteiger partial charge on any atom is 0.411 e. The Hall–Kier alpha value is -2.54. The smallest absolute Gasteiger partial charge is 0.411 e. The molecule has 124 valence electrons. The van der Waals surface area contributed by atoms with Crippen molar-refractivity contribution >= 4 is 23.5 Å². The summed E-state index contributed by atoms with van der Waals surface area (Å²) in [6.45, 7) is 0.827. The molecule has 1 amide bonds. The summed E-state index contributed by atoms with van der Waals surface area (Å²) < 4.78 is 5.39. The van der Waals surface area contributed by atoms with Crippen LogP contribution >= 0.6 is 11.8 Å². The summed E-state index contributed by atoms with van der Waals surface area (Å²) in [6.07, 6.45) is -0.368. The summed E-state index contributed by atoms with van der Waals surface area (Å²) in [5, 5.41) is 10.6. The van der Waals surface area contributed by atoms with Crippen LogP contribution in [0.5, 0.6) is 0 Å². The normalized spacial score (nSPS) is 16.8. The quantitative estimate of drug-likeness (QED) is 0.619. The Bertz CT molecular complexity index is 721. The minimum atomic E-state index is -0.433. The molecular formula is C17H16N2O4S. The van der Waals surface area contributed by atoms with E-state index in [0.717, 1.165) is 16.9 Å². The van der Waals surface area contributed by atoms with Crippen molar-refractivity contribution < 1.29 is 14.5 Å². The number of amides is 1. The molecule has 1 atom stereocenters. The molecule has 3 rings (SSSR count). The predicted octanol–water partition coefficient (Wildman–Crippen LogP) is 3.98. The van der Waals surface area contributed by atoms with Crippen LogP contribution in [0, 0.1) is 10.1 Å². The number of carbonyl (C=O) groups excluding carboxylic acids is 1. The van der Waals surface area contributed by atoms with Gasteiger partial charge < -0.3 is 4.74 Å². The van der Waals surface area contributed by atoms with Crippen LogP contribution in [0.25, 0.3) is 0 Å². The van der Waals surface area contributed by atoms with E-state index in [2.05, 4.69) is 0 Å². The fraction of sp³-hybridized carbons (Fsp3) is 0.235. The molecule has 7 heteroatoms. The molecule has 0 saturated carbocycles. The molecule has 1 fully saturated rings. The summed E-state index contributed by atoms with van der Waals surface area (Å²) in [6, 6.07) is 15.8. The molecule has 24 heavy (non-hydrogen) atoms. The molecule has 0 bridgehead atoms. The number of hydrogen-bond donors (Lipinski definition) is 0. The van der Waals surface area contributed by atoms with E-state index in [-0.39, 0.29) is 23.8 Å². The van der Waals surface area contributed by atoms with Gasteiger partial charge in [0.1, 0.15) is 12.0 Å². The highest BCUT2D eigenvalue weighted by Gasteiger charge is 2.32. The van der Waals surface area contributed by atoms with Crippen molar-refractivity contribution in [2.24, 2.45) is 0 Å². The van der Waals surface area contributed by atoms with Gasteiger partial charge in [-0.3, -0.25) is 15.0 Å². The van der Waals surface area contributed by atoms with Gasteiger partial charge in [-0.05, 0) is 23.3 Å². The number of rotatable bonds is 4. The van der Waals surface area contributed by atoms with Crippen molar-refractivity contribution in [3.05, 3.63) is 75.8 Å². The zero-order valence-corrected chi connectivity index (χ0v) is 13.6. The lowest BCUT2D eigenvalue weighted by Crippen LogP contribution is -2.30. The third kappa shape index (κ3) is 3.68. The third-order valence-corrected chi connectivity index (χ3v) is 4.98. The van der Waals surface area contributed by atoms with E-state index < -0.39 is 4.92 Å². The Morgan fingerprint density at radius 2 is 1.92 bits per heavy atom. The highest BCUT2D eigenvalue weighted by molar-refractivity contribution is 7.99. The summed E-state index contributed by atoms with van der Waals surface area (Å²) >= 11 is 1.62. The van der Waals surface area contributed by atoms with E-state index in [1.165, 1.54) is 12.1 Å². The van der Waals surface area contributed by atoms with Crippen molar-refractivity contribution in [3.63, 3.8) is 0 Å². The summed E-state index contributed by atoms with van der Waals surface area (Å²) in [5.41, 5.74) is 1.84. The molecule has 0 spiro atoms. The van der Waals surface area contributed by atoms with Gasteiger partial charge in [-0.25, -0.2) is 4.79 Å². The van der Waals surface area contributed by atoms with Crippen molar-refractivity contribution in [1.82, 2.24) is 4.90 Å². The first-order valence-corrected chi connectivity index (χ1v) is 8.53. The van der Waals surface area contributed by atoms with E-state index in [9.17, 15) is 14.9 Å². The average Bonchev–Trinajstić information content (AvgIpc) is 3.10. The Labute approximate surface area is 143 Å². The molecule has 1 aliphatic rings. The maximum atomic E-state index is 12.4. The van der Waals surface area contributed by atoms with E-state index in [0.29, 0.717) is 6.54 Å². The van der Waals surface area contributed by atoms with Crippen molar-refractivity contribution in [3.8, 4) is 0 Å². The van der Waals surface area contributed by atoms with Gasteiger partial charge in [0.15, 0.2) is 0 Å². The van der Waals surface area contributed by atoms with Gasteiger partial charge in [-0.2, -0.15) is 0 Å². The van der Waals surface area contributed by atoms with Gasteiger partial charge >= 0.3 is 6.09 Å². The topological polar surface area (TPSA) is 72.7 Å². The van der Waals surface area contributed by atoms with Gasteiger partial charge in [-0.1, -0.05) is 30.3 Å². The van der Waals surface area contributed by atoms with Gasteiger partial charge in [0.25, 0.3) is 5.69 Å². The Morgan fingerprint density at radius 3 is 2.58 bits per heavy atom. The number of carbonyl (C=O) groups is 1. The predicted molar refractivity (Wildman–Crippen MR) is 91.6 cm³/mol.